The highest BCUT2D eigenvalue weighted by Crippen LogP contribution is 2.29. The van der Waals surface area contributed by atoms with E-state index in [1.165, 1.54) is 0 Å². The van der Waals surface area contributed by atoms with Crippen molar-refractivity contribution >= 4 is 39.7 Å². The first-order valence-electron chi connectivity index (χ1n) is 9.10. The maximum absolute atomic E-state index is 12.5. The second-order valence-electron chi connectivity index (χ2n) is 6.53. The summed E-state index contributed by atoms with van der Waals surface area (Å²) in [5.74, 6) is -0.0928. The van der Waals surface area contributed by atoms with Gasteiger partial charge in [0.1, 0.15) is 5.75 Å². The number of phenolic OH excluding ortho intramolecular Hbond substituents is 1. The van der Waals surface area contributed by atoms with Gasteiger partial charge >= 0.3 is 0 Å². The zero-order valence-corrected chi connectivity index (χ0v) is 16.2. The summed E-state index contributed by atoms with van der Waals surface area (Å²) in [7, 11) is 0. The molecule has 4 aromatic rings. The summed E-state index contributed by atoms with van der Waals surface area (Å²) in [6.07, 6.45) is 0. The summed E-state index contributed by atoms with van der Waals surface area (Å²) >= 11 is 5.30. The molecule has 29 heavy (non-hydrogen) atoms. The minimum atomic E-state index is -0.287. The van der Waals surface area contributed by atoms with Gasteiger partial charge in [0.25, 0.3) is 5.91 Å². The average Bonchev–Trinajstić information content (AvgIpc) is 2.75. The molecule has 0 atom stereocenters. The van der Waals surface area contributed by atoms with E-state index in [9.17, 15) is 9.90 Å². The number of benzene rings is 4. The van der Waals surface area contributed by atoms with E-state index < -0.39 is 0 Å². The third kappa shape index (κ3) is 4.10. The Bertz CT molecular complexity index is 1190. The lowest BCUT2D eigenvalue weighted by Gasteiger charge is -2.12. The number of anilines is 1. The topological polar surface area (TPSA) is 61.4 Å². The molecule has 0 heterocycles. The van der Waals surface area contributed by atoms with Crippen LogP contribution in [0, 0.1) is 0 Å². The molecule has 0 radical (unpaired) electrons. The van der Waals surface area contributed by atoms with Crippen LogP contribution >= 0.6 is 12.2 Å². The Kier molecular flexibility index (Phi) is 5.22. The van der Waals surface area contributed by atoms with Gasteiger partial charge in [-0.1, -0.05) is 66.7 Å². The van der Waals surface area contributed by atoms with Crippen molar-refractivity contribution in [1.82, 2.24) is 5.32 Å². The third-order valence-corrected chi connectivity index (χ3v) is 4.83. The van der Waals surface area contributed by atoms with Crippen LogP contribution in [-0.2, 0) is 0 Å². The minimum absolute atomic E-state index is 0.193. The zero-order chi connectivity index (χ0) is 20.2. The van der Waals surface area contributed by atoms with Gasteiger partial charge in [0.05, 0.1) is 0 Å². The van der Waals surface area contributed by atoms with E-state index in [2.05, 4.69) is 10.6 Å². The first-order chi connectivity index (χ1) is 14.1. The van der Waals surface area contributed by atoms with Gasteiger partial charge in [-0.25, -0.2) is 0 Å². The van der Waals surface area contributed by atoms with Crippen molar-refractivity contribution in [3.63, 3.8) is 0 Å². The molecular weight excluding hydrogens is 380 g/mol. The van der Waals surface area contributed by atoms with E-state index >= 15 is 0 Å². The summed E-state index contributed by atoms with van der Waals surface area (Å²) in [6, 6.07) is 28.1. The predicted molar refractivity (Wildman–Crippen MR) is 121 cm³/mol. The standard InChI is InChI=1S/C24H18N2O2S/c27-22-11-5-8-19-20(22)9-4-10-21(19)25-24(29)26-23(28)18-14-12-17(13-15-18)16-6-2-1-3-7-16/h1-15,27H,(H2,25,26,28,29). The smallest absolute Gasteiger partial charge is 0.257 e. The predicted octanol–water partition coefficient (Wildman–Crippen LogP) is 5.34. The van der Waals surface area contributed by atoms with Crippen molar-refractivity contribution in [1.29, 1.82) is 0 Å². The van der Waals surface area contributed by atoms with Crippen LogP contribution in [0.2, 0.25) is 0 Å². The molecule has 0 bridgehead atoms. The van der Waals surface area contributed by atoms with Crippen LogP contribution in [0.15, 0.2) is 91.0 Å². The number of thiocarbonyl (C=S) groups is 1. The highest BCUT2D eigenvalue weighted by atomic mass is 32.1. The molecule has 0 fully saturated rings. The molecule has 5 heteroatoms. The molecule has 0 aliphatic heterocycles. The fourth-order valence-electron chi connectivity index (χ4n) is 3.18. The molecule has 142 valence electrons. The molecule has 0 aromatic heterocycles. The summed E-state index contributed by atoms with van der Waals surface area (Å²) in [4.78, 5) is 12.5. The molecule has 0 aliphatic carbocycles. The van der Waals surface area contributed by atoms with E-state index in [-0.39, 0.29) is 16.8 Å². The van der Waals surface area contributed by atoms with Crippen LogP contribution < -0.4 is 10.6 Å². The van der Waals surface area contributed by atoms with Gasteiger partial charge in [0.15, 0.2) is 5.11 Å². The van der Waals surface area contributed by atoms with Crippen LogP contribution in [0.1, 0.15) is 10.4 Å². The summed E-state index contributed by atoms with van der Waals surface area (Å²) in [5, 5.41) is 17.5. The van der Waals surface area contributed by atoms with E-state index in [1.807, 2.05) is 66.7 Å². The number of hydrogen-bond acceptors (Lipinski definition) is 3. The molecule has 4 nitrogen and oxygen atoms in total. The number of carbonyl (C=O) groups is 1. The van der Waals surface area contributed by atoms with Crippen LogP contribution in [0.4, 0.5) is 5.69 Å². The Morgan fingerprint density at radius 1 is 0.724 bits per heavy atom. The van der Waals surface area contributed by atoms with Crippen LogP contribution in [0.25, 0.3) is 21.9 Å². The highest BCUT2D eigenvalue weighted by molar-refractivity contribution is 7.80. The Morgan fingerprint density at radius 2 is 1.38 bits per heavy atom. The number of amides is 1. The minimum Gasteiger partial charge on any atom is -0.507 e. The molecule has 0 spiro atoms. The fourth-order valence-corrected chi connectivity index (χ4v) is 3.38. The SMILES string of the molecule is O=C(NC(=S)Nc1cccc2c(O)cccc12)c1ccc(-c2ccccc2)cc1. The molecule has 0 aliphatic rings. The fraction of sp³-hybridized carbons (Fsp3) is 0. The third-order valence-electron chi connectivity index (χ3n) is 4.63. The summed E-state index contributed by atoms with van der Waals surface area (Å²) in [5.41, 5.74) is 3.36. The van der Waals surface area contributed by atoms with E-state index in [0.717, 1.165) is 16.5 Å². The number of fused-ring (bicyclic) bond motifs is 1. The number of nitrogens with one attached hydrogen (secondary N) is 2. The van der Waals surface area contributed by atoms with Crippen LogP contribution in [-0.4, -0.2) is 16.1 Å². The zero-order valence-electron chi connectivity index (χ0n) is 15.4. The maximum atomic E-state index is 12.5. The van der Waals surface area contributed by atoms with Crippen molar-refractivity contribution < 1.29 is 9.90 Å². The second-order valence-corrected chi connectivity index (χ2v) is 6.94. The second kappa shape index (κ2) is 8.12. The first-order valence-corrected chi connectivity index (χ1v) is 9.51. The lowest BCUT2D eigenvalue weighted by atomic mass is 10.0. The Labute approximate surface area is 173 Å². The quantitative estimate of drug-likeness (QED) is 0.408. The molecule has 3 N–H and O–H groups in total. The molecular formula is C24H18N2O2S. The number of carbonyl (C=O) groups excluding carboxylic acids is 1. The number of phenols is 1. The van der Waals surface area contributed by atoms with E-state index in [4.69, 9.17) is 12.2 Å². The lowest BCUT2D eigenvalue weighted by Crippen LogP contribution is -2.34. The molecule has 0 saturated carbocycles. The monoisotopic (exact) mass is 398 g/mol. The van der Waals surface area contributed by atoms with Gasteiger partial charge in [0, 0.05) is 22.0 Å². The summed E-state index contributed by atoms with van der Waals surface area (Å²) in [6.45, 7) is 0. The van der Waals surface area contributed by atoms with Gasteiger partial charge in [-0.3, -0.25) is 10.1 Å². The van der Waals surface area contributed by atoms with Crippen molar-refractivity contribution in [2.75, 3.05) is 5.32 Å². The van der Waals surface area contributed by atoms with Gasteiger partial charge in [-0.15, -0.1) is 0 Å². The lowest BCUT2D eigenvalue weighted by molar-refractivity contribution is 0.0977. The molecule has 0 unspecified atom stereocenters. The highest BCUT2D eigenvalue weighted by Gasteiger charge is 2.10. The van der Waals surface area contributed by atoms with Crippen LogP contribution in [0.5, 0.6) is 5.75 Å². The normalized spacial score (nSPS) is 10.5. The number of aromatic hydroxyl groups is 1. The Hall–Kier alpha value is -3.70. The van der Waals surface area contributed by atoms with E-state index in [1.54, 1.807) is 24.3 Å². The van der Waals surface area contributed by atoms with Gasteiger partial charge in [-0.05, 0) is 47.6 Å². The largest absolute Gasteiger partial charge is 0.507 e. The summed E-state index contributed by atoms with van der Waals surface area (Å²) < 4.78 is 0. The Balaban J connectivity index is 1.46. The maximum Gasteiger partial charge on any atom is 0.257 e. The molecule has 0 saturated heterocycles. The van der Waals surface area contributed by atoms with E-state index in [0.29, 0.717) is 16.6 Å². The number of hydrogen-bond donors (Lipinski definition) is 3. The first kappa shape index (κ1) is 18.7. The van der Waals surface area contributed by atoms with Crippen molar-refractivity contribution in [3.8, 4) is 16.9 Å². The Morgan fingerprint density at radius 3 is 2.14 bits per heavy atom. The van der Waals surface area contributed by atoms with Gasteiger partial charge in [0.2, 0.25) is 0 Å². The van der Waals surface area contributed by atoms with Crippen molar-refractivity contribution in [3.05, 3.63) is 96.6 Å². The molecule has 4 rings (SSSR count). The average molecular weight is 398 g/mol. The van der Waals surface area contributed by atoms with Crippen molar-refractivity contribution in [2.24, 2.45) is 0 Å². The van der Waals surface area contributed by atoms with Crippen molar-refractivity contribution in [2.45, 2.75) is 0 Å². The van der Waals surface area contributed by atoms with Crippen LogP contribution in [0.3, 0.4) is 0 Å². The molecule has 1 amide bonds. The molecule has 4 aromatic carbocycles. The van der Waals surface area contributed by atoms with Gasteiger partial charge in [-0.2, -0.15) is 0 Å². The number of rotatable bonds is 3. The van der Waals surface area contributed by atoms with Gasteiger partial charge < -0.3 is 10.4 Å².